The van der Waals surface area contributed by atoms with Gasteiger partial charge in [-0.25, -0.2) is 4.79 Å². The molecule has 2 aromatic carbocycles. The van der Waals surface area contributed by atoms with Crippen LogP contribution in [0.5, 0.6) is 0 Å². The zero-order chi connectivity index (χ0) is 17.2. The first-order chi connectivity index (χ1) is 11.6. The molecule has 5 nitrogen and oxygen atoms in total. The number of ether oxygens (including phenoxy) is 1. The van der Waals surface area contributed by atoms with E-state index in [0.29, 0.717) is 16.7 Å². The van der Waals surface area contributed by atoms with Crippen LogP contribution in [-0.2, 0) is 15.1 Å². The SMILES string of the molecule is CCOC(=O)C(O)(c1ccc(C#N)cc1)c1c[nH]c2ccccc12. The minimum Gasteiger partial charge on any atom is -0.463 e. The summed E-state index contributed by atoms with van der Waals surface area (Å²) in [5, 5.41) is 21.0. The molecule has 1 atom stereocenters. The number of H-pyrrole nitrogens is 1. The van der Waals surface area contributed by atoms with Crippen molar-refractivity contribution in [2.24, 2.45) is 0 Å². The summed E-state index contributed by atoms with van der Waals surface area (Å²) < 4.78 is 5.12. The van der Waals surface area contributed by atoms with Crippen molar-refractivity contribution in [2.45, 2.75) is 12.5 Å². The van der Waals surface area contributed by atoms with Crippen molar-refractivity contribution < 1.29 is 14.6 Å². The molecule has 3 rings (SSSR count). The van der Waals surface area contributed by atoms with Crippen LogP contribution in [-0.4, -0.2) is 22.7 Å². The molecule has 0 aliphatic rings. The van der Waals surface area contributed by atoms with Gasteiger partial charge in [-0.3, -0.25) is 0 Å². The van der Waals surface area contributed by atoms with Gasteiger partial charge in [0.2, 0.25) is 5.60 Å². The molecule has 0 bridgehead atoms. The maximum Gasteiger partial charge on any atom is 0.347 e. The molecule has 3 aromatic rings. The topological polar surface area (TPSA) is 86.1 Å². The monoisotopic (exact) mass is 320 g/mol. The van der Waals surface area contributed by atoms with E-state index in [2.05, 4.69) is 4.98 Å². The van der Waals surface area contributed by atoms with E-state index in [0.717, 1.165) is 10.9 Å². The fourth-order valence-corrected chi connectivity index (χ4v) is 2.78. The highest BCUT2D eigenvalue weighted by molar-refractivity contribution is 5.94. The predicted molar refractivity (Wildman–Crippen MR) is 89.1 cm³/mol. The van der Waals surface area contributed by atoms with Crippen LogP contribution in [0, 0.1) is 11.3 Å². The standard InChI is InChI=1S/C19H16N2O3/c1-2-24-18(22)19(23,14-9-7-13(11-20)8-10-14)16-12-21-17-6-4-3-5-15(16)17/h3-10,12,21,23H,2H2,1H3. The van der Waals surface area contributed by atoms with Gasteiger partial charge in [0.15, 0.2) is 0 Å². The van der Waals surface area contributed by atoms with Crippen LogP contribution in [0.3, 0.4) is 0 Å². The lowest BCUT2D eigenvalue weighted by Crippen LogP contribution is -2.38. The second-order valence-corrected chi connectivity index (χ2v) is 5.37. The van der Waals surface area contributed by atoms with E-state index in [4.69, 9.17) is 10.00 Å². The molecule has 0 spiro atoms. The first kappa shape index (κ1) is 15.8. The van der Waals surface area contributed by atoms with Crippen LogP contribution >= 0.6 is 0 Å². The lowest BCUT2D eigenvalue weighted by molar-refractivity contribution is -0.161. The average Bonchev–Trinajstić information content (AvgIpc) is 3.06. The second kappa shape index (κ2) is 6.19. The predicted octanol–water partition coefficient (Wildman–Crippen LogP) is 2.84. The fraction of sp³-hybridized carbons (Fsp3) is 0.158. The van der Waals surface area contributed by atoms with E-state index in [-0.39, 0.29) is 6.61 Å². The Morgan fingerprint density at radius 3 is 2.62 bits per heavy atom. The molecular weight excluding hydrogens is 304 g/mol. The number of hydrogen-bond acceptors (Lipinski definition) is 4. The van der Waals surface area contributed by atoms with E-state index in [9.17, 15) is 9.90 Å². The Hall–Kier alpha value is -3.10. The third-order valence-corrected chi connectivity index (χ3v) is 3.98. The number of rotatable bonds is 4. The van der Waals surface area contributed by atoms with Gasteiger partial charge in [0.25, 0.3) is 0 Å². The highest BCUT2D eigenvalue weighted by atomic mass is 16.5. The lowest BCUT2D eigenvalue weighted by atomic mass is 9.85. The molecule has 120 valence electrons. The number of fused-ring (bicyclic) bond motifs is 1. The van der Waals surface area contributed by atoms with E-state index in [1.165, 1.54) is 0 Å². The van der Waals surface area contributed by atoms with Crippen molar-refractivity contribution >= 4 is 16.9 Å². The van der Waals surface area contributed by atoms with E-state index >= 15 is 0 Å². The summed E-state index contributed by atoms with van der Waals surface area (Å²) >= 11 is 0. The quantitative estimate of drug-likeness (QED) is 0.724. The largest absolute Gasteiger partial charge is 0.463 e. The number of aromatic nitrogens is 1. The Balaban J connectivity index is 2.22. The molecule has 1 heterocycles. The van der Waals surface area contributed by atoms with Crippen molar-refractivity contribution in [3.63, 3.8) is 0 Å². The molecule has 1 aromatic heterocycles. The summed E-state index contributed by atoms with van der Waals surface area (Å²) in [6.45, 7) is 1.84. The maximum absolute atomic E-state index is 12.6. The zero-order valence-electron chi connectivity index (χ0n) is 13.1. The Labute approximate surface area is 139 Å². The number of nitrogens with one attached hydrogen (secondary N) is 1. The van der Waals surface area contributed by atoms with Gasteiger partial charge in [-0.2, -0.15) is 5.26 Å². The third-order valence-electron chi connectivity index (χ3n) is 3.98. The lowest BCUT2D eigenvalue weighted by Gasteiger charge is -2.26. The number of hydrogen-bond donors (Lipinski definition) is 2. The van der Waals surface area contributed by atoms with Gasteiger partial charge in [-0.15, -0.1) is 0 Å². The number of para-hydroxylation sites is 1. The molecule has 0 saturated heterocycles. The van der Waals surface area contributed by atoms with E-state index in [1.54, 1.807) is 37.4 Å². The number of esters is 1. The minimum absolute atomic E-state index is 0.153. The maximum atomic E-state index is 12.6. The van der Waals surface area contributed by atoms with Crippen LogP contribution in [0.25, 0.3) is 10.9 Å². The van der Waals surface area contributed by atoms with E-state index in [1.807, 2.05) is 30.3 Å². The average molecular weight is 320 g/mol. The second-order valence-electron chi connectivity index (χ2n) is 5.37. The van der Waals surface area contributed by atoms with Crippen molar-refractivity contribution in [1.82, 2.24) is 4.98 Å². The van der Waals surface area contributed by atoms with Crippen LogP contribution < -0.4 is 0 Å². The first-order valence-corrected chi connectivity index (χ1v) is 7.58. The Morgan fingerprint density at radius 2 is 1.96 bits per heavy atom. The van der Waals surface area contributed by atoms with E-state index < -0.39 is 11.6 Å². The Bertz CT molecular complexity index is 922. The molecule has 0 fully saturated rings. The number of nitrogens with zero attached hydrogens (tertiary/aromatic N) is 1. The van der Waals surface area contributed by atoms with Crippen LogP contribution in [0.4, 0.5) is 0 Å². The summed E-state index contributed by atoms with van der Waals surface area (Å²) in [4.78, 5) is 15.7. The van der Waals surface area contributed by atoms with Crippen LogP contribution in [0.2, 0.25) is 0 Å². The first-order valence-electron chi connectivity index (χ1n) is 7.58. The van der Waals surface area contributed by atoms with Gasteiger partial charge >= 0.3 is 5.97 Å². The number of benzene rings is 2. The minimum atomic E-state index is -1.95. The Kier molecular flexibility index (Phi) is 4.07. The van der Waals surface area contributed by atoms with Crippen LogP contribution in [0.1, 0.15) is 23.6 Å². The van der Waals surface area contributed by atoms with Crippen molar-refractivity contribution in [2.75, 3.05) is 6.61 Å². The molecule has 2 N–H and O–H groups in total. The van der Waals surface area contributed by atoms with Crippen LogP contribution in [0.15, 0.2) is 54.7 Å². The van der Waals surface area contributed by atoms with Gasteiger partial charge in [-0.1, -0.05) is 30.3 Å². The highest BCUT2D eigenvalue weighted by Gasteiger charge is 2.43. The number of aromatic amines is 1. The summed E-state index contributed by atoms with van der Waals surface area (Å²) in [6.07, 6.45) is 1.61. The summed E-state index contributed by atoms with van der Waals surface area (Å²) in [6, 6.07) is 15.7. The number of carbonyl (C=O) groups excluding carboxylic acids is 1. The highest BCUT2D eigenvalue weighted by Crippen LogP contribution is 2.36. The van der Waals surface area contributed by atoms with Gasteiger partial charge in [0, 0.05) is 22.7 Å². The smallest absolute Gasteiger partial charge is 0.347 e. The summed E-state index contributed by atoms with van der Waals surface area (Å²) in [5.74, 6) is -0.750. The normalized spacial score (nSPS) is 13.2. The van der Waals surface area contributed by atoms with Gasteiger partial charge in [0.1, 0.15) is 0 Å². The summed E-state index contributed by atoms with van der Waals surface area (Å²) in [7, 11) is 0. The number of aliphatic hydroxyl groups is 1. The molecule has 1 unspecified atom stereocenters. The van der Waals surface area contributed by atoms with Crippen molar-refractivity contribution in [1.29, 1.82) is 5.26 Å². The van der Waals surface area contributed by atoms with Crippen molar-refractivity contribution in [3.05, 3.63) is 71.4 Å². The molecule has 5 heteroatoms. The molecule has 0 aliphatic carbocycles. The number of nitriles is 1. The summed E-state index contributed by atoms with van der Waals surface area (Å²) in [5.41, 5.74) is 0.0718. The molecule has 0 aliphatic heterocycles. The van der Waals surface area contributed by atoms with Gasteiger partial charge in [-0.05, 0) is 30.7 Å². The fourth-order valence-electron chi connectivity index (χ4n) is 2.78. The van der Waals surface area contributed by atoms with Crippen molar-refractivity contribution in [3.8, 4) is 6.07 Å². The molecule has 0 radical (unpaired) electrons. The molecule has 0 amide bonds. The molecule has 24 heavy (non-hydrogen) atoms. The third kappa shape index (κ3) is 2.43. The molecule has 0 saturated carbocycles. The Morgan fingerprint density at radius 1 is 1.25 bits per heavy atom. The molecular formula is C19H16N2O3. The zero-order valence-corrected chi connectivity index (χ0v) is 13.1. The van der Waals surface area contributed by atoms with Gasteiger partial charge < -0.3 is 14.8 Å². The number of carbonyl (C=O) groups is 1. The van der Waals surface area contributed by atoms with Gasteiger partial charge in [0.05, 0.1) is 18.2 Å².